The molecule has 0 spiro atoms. The van der Waals surface area contributed by atoms with Gasteiger partial charge in [-0.15, -0.1) is 0 Å². The van der Waals surface area contributed by atoms with Gasteiger partial charge in [-0.3, -0.25) is 4.79 Å². The Hall–Kier alpha value is -1.06. The molecule has 0 saturated heterocycles. The summed E-state index contributed by atoms with van der Waals surface area (Å²) in [6.07, 6.45) is -0.747. The van der Waals surface area contributed by atoms with Gasteiger partial charge in [0.2, 0.25) is 0 Å². The Labute approximate surface area is 90.9 Å². The molecule has 0 aliphatic rings. The second-order valence-corrected chi connectivity index (χ2v) is 5.68. The van der Waals surface area contributed by atoms with Gasteiger partial charge in [-0.05, 0) is 26.2 Å². The maximum Gasteiger partial charge on any atom is 0.516 e. The Kier molecular flexibility index (Phi) is 4.31. The van der Waals surface area contributed by atoms with Crippen molar-refractivity contribution in [2.45, 2.75) is 53.6 Å². The molecule has 0 aliphatic heterocycles. The molecule has 4 heteroatoms. The highest BCUT2D eigenvalue weighted by Crippen LogP contribution is 2.19. The Morgan fingerprint density at radius 2 is 1.47 bits per heavy atom. The lowest BCUT2D eigenvalue weighted by Gasteiger charge is -2.19. The summed E-state index contributed by atoms with van der Waals surface area (Å²) in [5.74, 6) is -0.559. The van der Waals surface area contributed by atoms with E-state index in [0.29, 0.717) is 0 Å². The zero-order valence-electron chi connectivity index (χ0n) is 10.3. The van der Waals surface area contributed by atoms with Crippen molar-refractivity contribution < 1.29 is 19.1 Å². The van der Waals surface area contributed by atoms with Crippen LogP contribution in [0, 0.1) is 5.41 Å². The van der Waals surface area contributed by atoms with Crippen molar-refractivity contribution in [2.24, 2.45) is 5.41 Å². The van der Waals surface area contributed by atoms with Gasteiger partial charge >= 0.3 is 12.1 Å². The van der Waals surface area contributed by atoms with E-state index in [1.807, 2.05) is 20.8 Å². The second kappa shape index (κ2) is 4.64. The standard InChI is InChI=1S/C11H20O4/c1-10(2,3)7-8(12)14-9(13)15-11(4,5)6/h7H2,1-6H3. The van der Waals surface area contributed by atoms with Gasteiger partial charge in [-0.2, -0.15) is 0 Å². The number of ether oxygens (including phenoxy) is 2. The zero-order valence-corrected chi connectivity index (χ0v) is 10.3. The Morgan fingerprint density at radius 1 is 1.00 bits per heavy atom. The smallest absolute Gasteiger partial charge is 0.428 e. The average Bonchev–Trinajstić information content (AvgIpc) is 1.73. The molecule has 0 atom stereocenters. The molecular weight excluding hydrogens is 196 g/mol. The molecule has 0 aliphatic carbocycles. The van der Waals surface area contributed by atoms with Crippen molar-refractivity contribution in [1.82, 2.24) is 0 Å². The fraction of sp³-hybridized carbons (Fsp3) is 0.818. The first-order valence-electron chi connectivity index (χ1n) is 4.93. The van der Waals surface area contributed by atoms with Gasteiger partial charge in [0.15, 0.2) is 0 Å². The molecule has 0 N–H and O–H groups in total. The molecule has 0 radical (unpaired) electrons. The minimum atomic E-state index is -0.934. The van der Waals surface area contributed by atoms with Crippen LogP contribution < -0.4 is 0 Å². The molecule has 0 aromatic carbocycles. The first-order valence-corrected chi connectivity index (χ1v) is 4.93. The SMILES string of the molecule is CC(C)(C)CC(=O)OC(=O)OC(C)(C)C. The fourth-order valence-corrected chi connectivity index (χ4v) is 0.833. The second-order valence-electron chi connectivity index (χ2n) is 5.68. The maximum absolute atomic E-state index is 11.2. The van der Waals surface area contributed by atoms with E-state index in [9.17, 15) is 9.59 Å². The average molecular weight is 216 g/mol. The van der Waals surface area contributed by atoms with Crippen LogP contribution in [0.2, 0.25) is 0 Å². The molecule has 88 valence electrons. The van der Waals surface area contributed by atoms with Crippen LogP contribution in [0.1, 0.15) is 48.0 Å². The van der Waals surface area contributed by atoms with Crippen LogP contribution in [0.15, 0.2) is 0 Å². The van der Waals surface area contributed by atoms with E-state index in [1.165, 1.54) is 0 Å². The fourth-order valence-electron chi connectivity index (χ4n) is 0.833. The molecule has 0 heterocycles. The first-order chi connectivity index (χ1) is 6.49. The van der Waals surface area contributed by atoms with Crippen molar-refractivity contribution in [3.8, 4) is 0 Å². The minimum Gasteiger partial charge on any atom is -0.428 e. The summed E-state index contributed by atoms with van der Waals surface area (Å²) in [7, 11) is 0. The maximum atomic E-state index is 11.2. The highest BCUT2D eigenvalue weighted by atomic mass is 16.7. The predicted octanol–water partition coefficient (Wildman–Crippen LogP) is 2.90. The van der Waals surface area contributed by atoms with Crippen molar-refractivity contribution >= 4 is 12.1 Å². The van der Waals surface area contributed by atoms with Crippen LogP contribution in [0.25, 0.3) is 0 Å². The summed E-state index contributed by atoms with van der Waals surface area (Å²) in [6, 6.07) is 0. The molecule has 0 saturated carbocycles. The predicted molar refractivity (Wildman–Crippen MR) is 56.4 cm³/mol. The molecule has 15 heavy (non-hydrogen) atoms. The van der Waals surface area contributed by atoms with E-state index in [-0.39, 0.29) is 11.8 Å². The van der Waals surface area contributed by atoms with E-state index in [4.69, 9.17) is 4.74 Å². The van der Waals surface area contributed by atoms with Gasteiger partial charge in [0, 0.05) is 0 Å². The number of rotatable bonds is 1. The van der Waals surface area contributed by atoms with Crippen LogP contribution in [0.5, 0.6) is 0 Å². The van der Waals surface area contributed by atoms with Gasteiger partial charge < -0.3 is 9.47 Å². The minimum absolute atomic E-state index is 0.187. The third kappa shape index (κ3) is 9.25. The topological polar surface area (TPSA) is 52.6 Å². The Bertz CT molecular complexity index is 216. The van der Waals surface area contributed by atoms with Gasteiger partial charge in [0.05, 0.1) is 6.42 Å². The third-order valence-corrected chi connectivity index (χ3v) is 1.26. The van der Waals surface area contributed by atoms with E-state index in [0.717, 1.165) is 0 Å². The van der Waals surface area contributed by atoms with Crippen LogP contribution in [-0.2, 0) is 14.3 Å². The summed E-state index contributed by atoms with van der Waals surface area (Å²) < 4.78 is 9.34. The molecule has 0 aromatic heterocycles. The molecular formula is C11H20O4. The number of carbonyl (C=O) groups excluding carboxylic acids is 2. The van der Waals surface area contributed by atoms with Crippen molar-refractivity contribution in [3.05, 3.63) is 0 Å². The van der Waals surface area contributed by atoms with Crippen molar-refractivity contribution in [1.29, 1.82) is 0 Å². The van der Waals surface area contributed by atoms with Gasteiger partial charge in [0.1, 0.15) is 5.60 Å². The van der Waals surface area contributed by atoms with E-state index in [2.05, 4.69) is 4.74 Å². The van der Waals surface area contributed by atoms with Crippen LogP contribution in [0.4, 0.5) is 4.79 Å². The monoisotopic (exact) mass is 216 g/mol. The summed E-state index contributed by atoms with van der Waals surface area (Å²) >= 11 is 0. The van der Waals surface area contributed by atoms with Gasteiger partial charge in [0.25, 0.3) is 0 Å². The van der Waals surface area contributed by atoms with E-state index < -0.39 is 17.7 Å². The molecule has 0 aromatic rings. The summed E-state index contributed by atoms with van der Waals surface area (Å²) in [5.41, 5.74) is -0.835. The summed E-state index contributed by atoms with van der Waals surface area (Å²) in [5, 5.41) is 0. The quantitative estimate of drug-likeness (QED) is 0.499. The zero-order chi connectivity index (χ0) is 12.3. The van der Waals surface area contributed by atoms with Crippen molar-refractivity contribution in [2.75, 3.05) is 0 Å². The normalized spacial score (nSPS) is 12.1. The Balaban J connectivity index is 4.04. The van der Waals surface area contributed by atoms with Gasteiger partial charge in [-0.25, -0.2) is 4.79 Å². The van der Waals surface area contributed by atoms with Gasteiger partial charge in [-0.1, -0.05) is 20.8 Å². The number of hydrogen-bond donors (Lipinski definition) is 0. The van der Waals surface area contributed by atoms with Crippen molar-refractivity contribution in [3.63, 3.8) is 0 Å². The number of hydrogen-bond acceptors (Lipinski definition) is 4. The van der Waals surface area contributed by atoms with E-state index in [1.54, 1.807) is 20.8 Å². The third-order valence-electron chi connectivity index (χ3n) is 1.26. The summed E-state index contributed by atoms with van der Waals surface area (Å²) in [6.45, 7) is 10.8. The van der Waals surface area contributed by atoms with Crippen LogP contribution in [0.3, 0.4) is 0 Å². The molecule has 0 unspecified atom stereocenters. The highest BCUT2D eigenvalue weighted by Gasteiger charge is 2.23. The molecule has 0 amide bonds. The Morgan fingerprint density at radius 3 is 1.80 bits per heavy atom. The lowest BCUT2D eigenvalue weighted by molar-refractivity contribution is -0.143. The molecule has 0 fully saturated rings. The lowest BCUT2D eigenvalue weighted by Crippen LogP contribution is -2.27. The van der Waals surface area contributed by atoms with E-state index >= 15 is 0 Å². The molecule has 0 bridgehead atoms. The summed E-state index contributed by atoms with van der Waals surface area (Å²) in [4.78, 5) is 22.3. The van der Waals surface area contributed by atoms with Crippen LogP contribution >= 0.6 is 0 Å². The highest BCUT2D eigenvalue weighted by molar-refractivity contribution is 5.82. The number of esters is 1. The lowest BCUT2D eigenvalue weighted by atomic mass is 9.93. The molecule has 4 nitrogen and oxygen atoms in total. The van der Waals surface area contributed by atoms with Crippen LogP contribution in [-0.4, -0.2) is 17.7 Å². The largest absolute Gasteiger partial charge is 0.516 e. The first kappa shape index (κ1) is 13.9. The number of carbonyl (C=O) groups is 2. The molecule has 0 rings (SSSR count).